The van der Waals surface area contributed by atoms with E-state index in [1.807, 2.05) is 0 Å². The highest BCUT2D eigenvalue weighted by Crippen LogP contribution is 2.45. The maximum atomic E-state index is 2.47. The van der Waals surface area contributed by atoms with Crippen LogP contribution in [-0.2, 0) is 12.8 Å². The van der Waals surface area contributed by atoms with Gasteiger partial charge in [0.2, 0.25) is 0 Å². The monoisotopic (exact) mass is 812 g/mol. The summed E-state index contributed by atoms with van der Waals surface area (Å²) in [5.41, 5.74) is 25.8. The second kappa shape index (κ2) is 13.6. The van der Waals surface area contributed by atoms with Crippen molar-refractivity contribution in [3.8, 4) is 67.0 Å². The topological polar surface area (TPSA) is 9.86 Å². The molecule has 10 aromatic carbocycles. The number of hydrogen-bond donors (Lipinski definition) is 0. The number of nitrogens with zero attached hydrogens (tertiary/aromatic N) is 2. The fourth-order valence-electron chi connectivity index (χ4n) is 11.3. The first-order valence-corrected chi connectivity index (χ1v) is 22.4. The Morgan fingerprint density at radius 2 is 0.656 bits per heavy atom. The van der Waals surface area contributed by atoms with E-state index in [1.165, 1.54) is 127 Å². The van der Waals surface area contributed by atoms with Crippen LogP contribution in [0.1, 0.15) is 22.3 Å². The van der Waals surface area contributed by atoms with Gasteiger partial charge in [-0.15, -0.1) is 0 Å². The lowest BCUT2D eigenvalue weighted by Crippen LogP contribution is -1.95. The third kappa shape index (κ3) is 5.20. The average molecular weight is 813 g/mol. The van der Waals surface area contributed by atoms with Gasteiger partial charge in [0, 0.05) is 32.9 Å². The van der Waals surface area contributed by atoms with Gasteiger partial charge in [0.15, 0.2) is 0 Å². The SMILES string of the molecule is c1ccc(-n2c3ccccc3c3cc(-c4ccc5c(c4)c4cc(-c6cccc7c6Cc6ccccc6-7)ccc4n5-c4ccc(-c5cccc6c5Cc5ccccc5-6)cc4)ccc32)cc1. The van der Waals surface area contributed by atoms with E-state index in [1.54, 1.807) is 0 Å². The highest BCUT2D eigenvalue weighted by Gasteiger charge is 2.24. The van der Waals surface area contributed by atoms with Crippen LogP contribution in [0.2, 0.25) is 0 Å². The van der Waals surface area contributed by atoms with E-state index in [-0.39, 0.29) is 0 Å². The molecule has 0 bridgehead atoms. The molecule has 0 saturated carbocycles. The van der Waals surface area contributed by atoms with Crippen molar-refractivity contribution in [1.82, 2.24) is 9.13 Å². The van der Waals surface area contributed by atoms with Crippen molar-refractivity contribution < 1.29 is 0 Å². The quantitative estimate of drug-likeness (QED) is 0.164. The van der Waals surface area contributed by atoms with Crippen molar-refractivity contribution in [3.63, 3.8) is 0 Å². The summed E-state index contributed by atoms with van der Waals surface area (Å²) in [6.45, 7) is 0. The molecule has 0 fully saturated rings. The summed E-state index contributed by atoms with van der Waals surface area (Å²) in [6.07, 6.45) is 1.93. The number of benzene rings is 10. The molecule has 0 N–H and O–H groups in total. The molecule has 0 atom stereocenters. The van der Waals surface area contributed by atoms with Gasteiger partial charge in [-0.1, -0.05) is 152 Å². The predicted octanol–water partition coefficient (Wildman–Crippen LogP) is 16.0. The zero-order valence-corrected chi connectivity index (χ0v) is 35.1. The molecule has 2 heterocycles. The fourth-order valence-corrected chi connectivity index (χ4v) is 11.3. The normalized spacial score (nSPS) is 12.6. The van der Waals surface area contributed by atoms with E-state index in [0.29, 0.717) is 0 Å². The van der Waals surface area contributed by atoms with Crippen LogP contribution in [0.15, 0.2) is 218 Å². The molecule has 0 saturated heterocycles. The molecule has 0 aliphatic heterocycles. The average Bonchev–Trinajstić information content (AvgIpc) is 4.11. The van der Waals surface area contributed by atoms with Crippen LogP contribution >= 0.6 is 0 Å². The number of aromatic nitrogens is 2. The van der Waals surface area contributed by atoms with Crippen LogP contribution in [0.25, 0.3) is 111 Å². The molecule has 14 rings (SSSR count). The smallest absolute Gasteiger partial charge is 0.0541 e. The Labute approximate surface area is 371 Å². The van der Waals surface area contributed by atoms with Gasteiger partial charge in [-0.3, -0.25) is 0 Å². The maximum Gasteiger partial charge on any atom is 0.0541 e. The summed E-state index contributed by atoms with van der Waals surface area (Å²) in [5, 5.41) is 5.02. The lowest BCUT2D eigenvalue weighted by atomic mass is 9.94. The number of para-hydroxylation sites is 2. The van der Waals surface area contributed by atoms with Gasteiger partial charge in [0.25, 0.3) is 0 Å². The lowest BCUT2D eigenvalue weighted by molar-refractivity contribution is 1.18. The molecule has 2 heteroatoms. The van der Waals surface area contributed by atoms with E-state index in [0.717, 1.165) is 18.5 Å². The minimum Gasteiger partial charge on any atom is -0.309 e. The third-order valence-electron chi connectivity index (χ3n) is 14.2. The Balaban J connectivity index is 0.937. The summed E-state index contributed by atoms with van der Waals surface area (Å²) in [4.78, 5) is 0. The van der Waals surface area contributed by atoms with Crippen molar-refractivity contribution >= 4 is 43.6 Å². The van der Waals surface area contributed by atoms with Gasteiger partial charge in [-0.2, -0.15) is 0 Å². The van der Waals surface area contributed by atoms with Crippen molar-refractivity contribution in [2.75, 3.05) is 0 Å². The van der Waals surface area contributed by atoms with E-state index in [4.69, 9.17) is 0 Å². The Bertz CT molecular complexity index is 3880. The van der Waals surface area contributed by atoms with Gasteiger partial charge in [0.1, 0.15) is 0 Å². The Hall–Kier alpha value is -8.20. The summed E-state index contributed by atoms with van der Waals surface area (Å²) < 4.78 is 4.86. The summed E-state index contributed by atoms with van der Waals surface area (Å²) >= 11 is 0. The van der Waals surface area contributed by atoms with Crippen LogP contribution in [0, 0.1) is 0 Å². The molecule has 64 heavy (non-hydrogen) atoms. The molecule has 12 aromatic rings. The van der Waals surface area contributed by atoms with E-state index >= 15 is 0 Å². The van der Waals surface area contributed by atoms with Crippen LogP contribution in [0.3, 0.4) is 0 Å². The van der Waals surface area contributed by atoms with E-state index < -0.39 is 0 Å². The Morgan fingerprint density at radius 1 is 0.250 bits per heavy atom. The number of rotatable bonds is 5. The van der Waals surface area contributed by atoms with E-state index in [2.05, 4.69) is 228 Å². The predicted molar refractivity (Wildman–Crippen MR) is 268 cm³/mol. The highest BCUT2D eigenvalue weighted by atomic mass is 15.0. The zero-order chi connectivity index (χ0) is 41.9. The molecule has 2 aromatic heterocycles. The highest BCUT2D eigenvalue weighted by molar-refractivity contribution is 6.13. The van der Waals surface area contributed by atoms with Gasteiger partial charge in [-0.25, -0.2) is 0 Å². The number of fused-ring (bicyclic) bond motifs is 12. The van der Waals surface area contributed by atoms with Gasteiger partial charge in [-0.05, 0) is 157 Å². The third-order valence-corrected chi connectivity index (χ3v) is 14.2. The maximum absolute atomic E-state index is 2.47. The van der Waals surface area contributed by atoms with E-state index in [9.17, 15) is 0 Å². The molecule has 0 radical (unpaired) electrons. The summed E-state index contributed by atoms with van der Waals surface area (Å²) in [6, 6.07) is 81.4. The van der Waals surface area contributed by atoms with Crippen molar-refractivity contribution in [2.24, 2.45) is 0 Å². The van der Waals surface area contributed by atoms with Crippen LogP contribution < -0.4 is 0 Å². The molecule has 2 aliphatic rings. The molecule has 2 nitrogen and oxygen atoms in total. The van der Waals surface area contributed by atoms with Gasteiger partial charge < -0.3 is 9.13 Å². The summed E-state index contributed by atoms with van der Waals surface area (Å²) in [5.74, 6) is 0. The minimum absolute atomic E-state index is 0.956. The minimum atomic E-state index is 0.956. The van der Waals surface area contributed by atoms with Gasteiger partial charge >= 0.3 is 0 Å². The first-order valence-electron chi connectivity index (χ1n) is 22.4. The van der Waals surface area contributed by atoms with Crippen LogP contribution in [0.5, 0.6) is 0 Å². The summed E-state index contributed by atoms with van der Waals surface area (Å²) in [7, 11) is 0. The molecule has 0 spiro atoms. The van der Waals surface area contributed by atoms with Crippen molar-refractivity contribution in [3.05, 3.63) is 241 Å². The zero-order valence-electron chi connectivity index (χ0n) is 35.1. The molecular formula is C62H40N2. The van der Waals surface area contributed by atoms with Crippen LogP contribution in [0.4, 0.5) is 0 Å². The molecule has 0 amide bonds. The molecular weight excluding hydrogens is 773 g/mol. The second-order valence-corrected chi connectivity index (χ2v) is 17.6. The molecule has 0 unspecified atom stereocenters. The van der Waals surface area contributed by atoms with Gasteiger partial charge in [0.05, 0.1) is 22.1 Å². The number of hydrogen-bond acceptors (Lipinski definition) is 0. The Morgan fingerprint density at radius 3 is 1.27 bits per heavy atom. The van der Waals surface area contributed by atoms with Crippen molar-refractivity contribution in [1.29, 1.82) is 0 Å². The first-order chi connectivity index (χ1) is 31.7. The van der Waals surface area contributed by atoms with Crippen molar-refractivity contribution in [2.45, 2.75) is 12.8 Å². The largest absolute Gasteiger partial charge is 0.309 e. The van der Waals surface area contributed by atoms with Crippen LogP contribution in [-0.4, -0.2) is 9.13 Å². The second-order valence-electron chi connectivity index (χ2n) is 17.6. The molecule has 2 aliphatic carbocycles. The standard InChI is InChI=1S/C62H40N2/c1-2-14-45(15-3-1)63-59-23-9-8-18-53(59)56-34-40(26-31-60(56)63)41-27-32-61-57(35-41)58-38-44(50-20-11-22-52-49-17-7-5-13-43(49)37-55(50)52)28-33-62(58)64(61)46-29-24-39(25-30-46)47-19-10-21-51-48-16-6-4-12-42(48)36-54(47)51/h1-35,38H,36-37H2. The molecule has 298 valence electrons. The fraction of sp³-hybridized carbons (Fsp3) is 0.0323. The lowest BCUT2D eigenvalue weighted by Gasteiger charge is -2.13. The first kappa shape index (κ1) is 35.4. The Kier molecular flexibility index (Phi) is 7.55.